The maximum absolute atomic E-state index is 12.3. The van der Waals surface area contributed by atoms with Gasteiger partial charge in [0.05, 0.1) is 0 Å². The van der Waals surface area contributed by atoms with Crippen LogP contribution in [0.25, 0.3) is 0 Å². The van der Waals surface area contributed by atoms with Gasteiger partial charge in [-0.3, -0.25) is 4.79 Å². The second-order valence-electron chi connectivity index (χ2n) is 5.31. The predicted molar refractivity (Wildman–Crippen MR) is 79.1 cm³/mol. The Kier molecular flexibility index (Phi) is 4.83. The lowest BCUT2D eigenvalue weighted by Gasteiger charge is -2.24. The summed E-state index contributed by atoms with van der Waals surface area (Å²) in [5, 5.41) is 6.49. The van der Waals surface area contributed by atoms with Crippen molar-refractivity contribution in [3.8, 4) is 0 Å². The van der Waals surface area contributed by atoms with E-state index in [4.69, 9.17) is 0 Å². The maximum atomic E-state index is 12.3. The molecule has 0 aromatic heterocycles. The molecule has 1 aromatic rings. The normalized spacial score (nSPS) is 21.4. The van der Waals surface area contributed by atoms with Crippen LogP contribution in [0, 0.1) is 0 Å². The lowest BCUT2D eigenvalue weighted by molar-refractivity contribution is 0.0930. The van der Waals surface area contributed by atoms with Gasteiger partial charge in [-0.25, -0.2) is 0 Å². The first kappa shape index (κ1) is 14.4. The molecular formula is C15H21ClN2O. The second-order valence-corrected chi connectivity index (χ2v) is 5.31. The van der Waals surface area contributed by atoms with Crippen LogP contribution >= 0.6 is 12.4 Å². The Balaban J connectivity index is 0.00000133. The SMILES string of the molecule is Cl.O=C(N[C@H]1CCCNC1)c1cccc2c1CCC2. The van der Waals surface area contributed by atoms with E-state index in [1.807, 2.05) is 12.1 Å². The third kappa shape index (κ3) is 3.10. The Morgan fingerprint density at radius 3 is 2.95 bits per heavy atom. The minimum Gasteiger partial charge on any atom is -0.348 e. The number of hydrogen-bond donors (Lipinski definition) is 2. The highest BCUT2D eigenvalue weighted by molar-refractivity contribution is 5.96. The smallest absolute Gasteiger partial charge is 0.251 e. The van der Waals surface area contributed by atoms with Gasteiger partial charge in [0.2, 0.25) is 0 Å². The minimum absolute atomic E-state index is 0. The van der Waals surface area contributed by atoms with E-state index in [1.165, 1.54) is 17.5 Å². The van der Waals surface area contributed by atoms with Crippen molar-refractivity contribution in [3.63, 3.8) is 0 Å². The number of aryl methyl sites for hydroxylation is 1. The largest absolute Gasteiger partial charge is 0.348 e. The van der Waals surface area contributed by atoms with Gasteiger partial charge in [0.1, 0.15) is 0 Å². The van der Waals surface area contributed by atoms with Crippen LogP contribution < -0.4 is 10.6 Å². The van der Waals surface area contributed by atoms with Gasteiger partial charge in [-0.05, 0) is 55.8 Å². The van der Waals surface area contributed by atoms with Crippen LogP contribution in [0.5, 0.6) is 0 Å². The molecule has 4 heteroatoms. The summed E-state index contributed by atoms with van der Waals surface area (Å²) in [5.41, 5.74) is 3.54. The van der Waals surface area contributed by atoms with Gasteiger partial charge in [-0.15, -0.1) is 12.4 Å². The summed E-state index contributed by atoms with van der Waals surface area (Å²) in [6.07, 6.45) is 5.61. The van der Waals surface area contributed by atoms with Crippen LogP contribution in [0.4, 0.5) is 0 Å². The van der Waals surface area contributed by atoms with E-state index in [1.54, 1.807) is 0 Å². The van der Waals surface area contributed by atoms with E-state index in [0.29, 0.717) is 6.04 Å². The van der Waals surface area contributed by atoms with Crippen LogP contribution in [0.2, 0.25) is 0 Å². The zero-order valence-corrected chi connectivity index (χ0v) is 11.9. The van der Waals surface area contributed by atoms with Gasteiger partial charge in [0.25, 0.3) is 5.91 Å². The van der Waals surface area contributed by atoms with E-state index in [-0.39, 0.29) is 18.3 Å². The molecule has 0 unspecified atom stereocenters. The van der Waals surface area contributed by atoms with Gasteiger partial charge in [-0.2, -0.15) is 0 Å². The molecule has 1 fully saturated rings. The Morgan fingerprint density at radius 1 is 1.26 bits per heavy atom. The summed E-state index contributed by atoms with van der Waals surface area (Å²) in [4.78, 5) is 12.3. The first-order chi connectivity index (χ1) is 8.84. The number of nitrogens with one attached hydrogen (secondary N) is 2. The zero-order chi connectivity index (χ0) is 12.4. The first-order valence-electron chi connectivity index (χ1n) is 6.97. The molecule has 1 aromatic carbocycles. The van der Waals surface area contributed by atoms with Crippen molar-refractivity contribution >= 4 is 18.3 Å². The molecule has 0 saturated carbocycles. The number of carbonyl (C=O) groups excluding carboxylic acids is 1. The number of hydrogen-bond acceptors (Lipinski definition) is 2. The van der Waals surface area contributed by atoms with Crippen molar-refractivity contribution < 1.29 is 4.79 Å². The molecule has 2 aliphatic rings. The highest BCUT2D eigenvalue weighted by Crippen LogP contribution is 2.25. The molecule has 2 N–H and O–H groups in total. The number of piperidine rings is 1. The summed E-state index contributed by atoms with van der Waals surface area (Å²) in [7, 11) is 0. The van der Waals surface area contributed by atoms with Crippen LogP contribution in [-0.2, 0) is 12.8 Å². The average Bonchev–Trinajstić information content (AvgIpc) is 2.87. The van der Waals surface area contributed by atoms with Crippen molar-refractivity contribution in [2.45, 2.75) is 38.1 Å². The molecule has 3 rings (SSSR count). The molecule has 1 amide bonds. The fourth-order valence-electron chi connectivity index (χ4n) is 3.07. The van der Waals surface area contributed by atoms with Crippen LogP contribution in [-0.4, -0.2) is 25.0 Å². The first-order valence-corrected chi connectivity index (χ1v) is 6.97. The van der Waals surface area contributed by atoms with E-state index in [9.17, 15) is 4.79 Å². The van der Waals surface area contributed by atoms with Gasteiger partial charge in [0, 0.05) is 18.2 Å². The lowest BCUT2D eigenvalue weighted by Crippen LogP contribution is -2.45. The summed E-state index contributed by atoms with van der Waals surface area (Å²) >= 11 is 0. The Morgan fingerprint density at radius 2 is 2.16 bits per heavy atom. The Bertz CT molecular complexity index is 455. The fraction of sp³-hybridized carbons (Fsp3) is 0.533. The van der Waals surface area contributed by atoms with E-state index < -0.39 is 0 Å². The van der Waals surface area contributed by atoms with Crippen molar-refractivity contribution in [2.24, 2.45) is 0 Å². The molecule has 0 radical (unpaired) electrons. The number of rotatable bonds is 2. The van der Waals surface area contributed by atoms with Gasteiger partial charge in [-0.1, -0.05) is 12.1 Å². The molecule has 1 aliphatic carbocycles. The zero-order valence-electron chi connectivity index (χ0n) is 11.1. The highest BCUT2D eigenvalue weighted by Gasteiger charge is 2.21. The average molecular weight is 281 g/mol. The Hall–Kier alpha value is -1.06. The third-order valence-electron chi connectivity index (χ3n) is 4.02. The molecular weight excluding hydrogens is 260 g/mol. The van der Waals surface area contributed by atoms with Gasteiger partial charge in [0.15, 0.2) is 0 Å². The molecule has 104 valence electrons. The number of halogens is 1. The minimum atomic E-state index is 0. The van der Waals surface area contributed by atoms with Crippen molar-refractivity contribution in [1.82, 2.24) is 10.6 Å². The molecule has 1 aliphatic heterocycles. The highest BCUT2D eigenvalue weighted by atomic mass is 35.5. The van der Waals surface area contributed by atoms with Crippen LogP contribution in [0.15, 0.2) is 18.2 Å². The topological polar surface area (TPSA) is 41.1 Å². The molecule has 1 saturated heterocycles. The predicted octanol–water partition coefficient (Wildman–Crippen LogP) is 2.08. The molecule has 0 bridgehead atoms. The number of benzene rings is 1. The van der Waals surface area contributed by atoms with Crippen LogP contribution in [0.1, 0.15) is 40.7 Å². The number of carbonyl (C=O) groups is 1. The summed E-state index contributed by atoms with van der Waals surface area (Å²) in [5.74, 6) is 0.113. The van der Waals surface area contributed by atoms with Gasteiger partial charge < -0.3 is 10.6 Å². The van der Waals surface area contributed by atoms with Gasteiger partial charge >= 0.3 is 0 Å². The van der Waals surface area contributed by atoms with E-state index in [2.05, 4.69) is 16.7 Å². The van der Waals surface area contributed by atoms with E-state index in [0.717, 1.165) is 44.3 Å². The molecule has 1 atom stereocenters. The second kappa shape index (κ2) is 6.40. The lowest BCUT2D eigenvalue weighted by atomic mass is 10.0. The van der Waals surface area contributed by atoms with Crippen molar-refractivity contribution in [3.05, 3.63) is 34.9 Å². The molecule has 1 heterocycles. The third-order valence-corrected chi connectivity index (χ3v) is 4.02. The maximum Gasteiger partial charge on any atom is 0.251 e. The monoisotopic (exact) mass is 280 g/mol. The van der Waals surface area contributed by atoms with E-state index >= 15 is 0 Å². The summed E-state index contributed by atoms with van der Waals surface area (Å²) in [6, 6.07) is 6.43. The van der Waals surface area contributed by atoms with Crippen LogP contribution in [0.3, 0.4) is 0 Å². The summed E-state index contributed by atoms with van der Waals surface area (Å²) < 4.78 is 0. The summed E-state index contributed by atoms with van der Waals surface area (Å²) in [6.45, 7) is 1.98. The van der Waals surface area contributed by atoms with Crippen molar-refractivity contribution in [2.75, 3.05) is 13.1 Å². The Labute approximate surface area is 120 Å². The molecule has 3 nitrogen and oxygen atoms in total. The number of amides is 1. The standard InChI is InChI=1S/C15H20N2O.ClH/c18-15(17-12-6-3-9-16-10-12)14-8-2-5-11-4-1-7-13(11)14;/h2,5,8,12,16H,1,3-4,6-7,9-10H2,(H,17,18);1H/t12-;/m0./s1. The number of fused-ring (bicyclic) bond motifs is 1. The quantitative estimate of drug-likeness (QED) is 0.871. The molecule has 19 heavy (non-hydrogen) atoms. The fourth-order valence-corrected chi connectivity index (χ4v) is 3.07. The van der Waals surface area contributed by atoms with Crippen molar-refractivity contribution in [1.29, 1.82) is 0 Å². The molecule has 0 spiro atoms.